The molecule has 0 amide bonds. The first kappa shape index (κ1) is 10.5. The molecule has 0 fully saturated rings. The van der Waals surface area contributed by atoms with Gasteiger partial charge in [-0.05, 0) is 42.8 Å². The van der Waals surface area contributed by atoms with Crippen LogP contribution < -0.4 is 16.0 Å². The van der Waals surface area contributed by atoms with Crippen molar-refractivity contribution in [3.63, 3.8) is 0 Å². The summed E-state index contributed by atoms with van der Waals surface area (Å²) in [4.78, 5) is 0. The lowest BCUT2D eigenvalue weighted by atomic mass is 10.2. The average molecular weight is 214 g/mol. The molecule has 2 aromatic carbocycles. The van der Waals surface area contributed by atoms with Crippen LogP contribution in [-0.4, -0.2) is 0 Å². The highest BCUT2D eigenvalue weighted by atomic mass is 16.5. The summed E-state index contributed by atoms with van der Waals surface area (Å²) in [6, 6.07) is 15.4. The third kappa shape index (κ3) is 2.32. The lowest BCUT2D eigenvalue weighted by Crippen LogP contribution is -2.06. The van der Waals surface area contributed by atoms with Gasteiger partial charge in [-0.1, -0.05) is 18.2 Å². The van der Waals surface area contributed by atoms with E-state index < -0.39 is 0 Å². The quantitative estimate of drug-likeness (QED) is 0.609. The minimum Gasteiger partial charge on any atom is -0.457 e. The van der Waals surface area contributed by atoms with Crippen LogP contribution >= 0.6 is 0 Å². The van der Waals surface area contributed by atoms with E-state index >= 15 is 0 Å². The van der Waals surface area contributed by atoms with E-state index in [0.717, 1.165) is 22.7 Å². The Balaban J connectivity index is 2.22. The minimum absolute atomic E-state index is 0.832. The van der Waals surface area contributed by atoms with E-state index in [-0.39, 0.29) is 0 Å². The normalized spacial score (nSPS) is 9.88. The SMILES string of the molecule is Cc1cc(NN)ccc1Oc1ccccc1. The van der Waals surface area contributed by atoms with Crippen molar-refractivity contribution >= 4 is 5.69 Å². The zero-order valence-electron chi connectivity index (χ0n) is 9.10. The molecule has 0 bridgehead atoms. The number of rotatable bonds is 3. The van der Waals surface area contributed by atoms with E-state index in [0.29, 0.717) is 0 Å². The standard InChI is InChI=1S/C13H14N2O/c1-10-9-11(15-14)7-8-13(10)16-12-5-3-2-4-6-12/h2-9,15H,14H2,1H3. The van der Waals surface area contributed by atoms with Crippen molar-refractivity contribution in [1.82, 2.24) is 0 Å². The second-order valence-corrected chi connectivity index (χ2v) is 3.54. The summed E-state index contributed by atoms with van der Waals surface area (Å²) in [6.45, 7) is 1.99. The molecule has 0 saturated heterocycles. The predicted octanol–water partition coefficient (Wildman–Crippen LogP) is 3.07. The Morgan fingerprint density at radius 3 is 2.44 bits per heavy atom. The zero-order chi connectivity index (χ0) is 11.4. The van der Waals surface area contributed by atoms with Gasteiger partial charge in [-0.3, -0.25) is 5.84 Å². The first-order valence-corrected chi connectivity index (χ1v) is 5.10. The average Bonchev–Trinajstić information content (AvgIpc) is 2.33. The van der Waals surface area contributed by atoms with Crippen molar-refractivity contribution in [2.24, 2.45) is 5.84 Å². The van der Waals surface area contributed by atoms with Crippen molar-refractivity contribution in [3.05, 3.63) is 54.1 Å². The number of anilines is 1. The Kier molecular flexibility index (Phi) is 3.08. The summed E-state index contributed by atoms with van der Waals surface area (Å²) in [6.07, 6.45) is 0. The summed E-state index contributed by atoms with van der Waals surface area (Å²) in [5.41, 5.74) is 4.52. The molecule has 3 heteroatoms. The number of para-hydroxylation sites is 1. The number of hydrogen-bond acceptors (Lipinski definition) is 3. The van der Waals surface area contributed by atoms with Crippen LogP contribution in [0.15, 0.2) is 48.5 Å². The number of benzene rings is 2. The van der Waals surface area contributed by atoms with Crippen molar-refractivity contribution in [3.8, 4) is 11.5 Å². The number of nitrogen functional groups attached to an aromatic ring is 1. The van der Waals surface area contributed by atoms with Gasteiger partial charge in [-0.2, -0.15) is 0 Å². The molecule has 16 heavy (non-hydrogen) atoms. The molecule has 0 atom stereocenters. The molecule has 0 saturated carbocycles. The van der Waals surface area contributed by atoms with E-state index in [2.05, 4.69) is 5.43 Å². The third-order valence-electron chi connectivity index (χ3n) is 2.31. The summed E-state index contributed by atoms with van der Waals surface area (Å²) in [5, 5.41) is 0. The van der Waals surface area contributed by atoms with Gasteiger partial charge < -0.3 is 10.2 Å². The Morgan fingerprint density at radius 2 is 1.81 bits per heavy atom. The van der Waals surface area contributed by atoms with Crippen LogP contribution in [0.2, 0.25) is 0 Å². The molecule has 82 valence electrons. The molecule has 3 nitrogen and oxygen atoms in total. The largest absolute Gasteiger partial charge is 0.457 e. The van der Waals surface area contributed by atoms with Gasteiger partial charge >= 0.3 is 0 Å². The Bertz CT molecular complexity index is 469. The summed E-state index contributed by atoms with van der Waals surface area (Å²) in [5.74, 6) is 7.00. The Labute approximate surface area is 94.8 Å². The summed E-state index contributed by atoms with van der Waals surface area (Å²) >= 11 is 0. The minimum atomic E-state index is 0.832. The maximum atomic E-state index is 5.74. The van der Waals surface area contributed by atoms with Gasteiger partial charge in [0, 0.05) is 5.69 Å². The van der Waals surface area contributed by atoms with Gasteiger partial charge in [0.15, 0.2) is 0 Å². The van der Waals surface area contributed by atoms with E-state index in [9.17, 15) is 0 Å². The molecule has 2 aromatic rings. The van der Waals surface area contributed by atoms with Crippen molar-refractivity contribution < 1.29 is 4.74 Å². The first-order chi connectivity index (χ1) is 7.79. The van der Waals surface area contributed by atoms with Gasteiger partial charge in [0.05, 0.1) is 0 Å². The first-order valence-electron chi connectivity index (χ1n) is 5.10. The highest BCUT2D eigenvalue weighted by molar-refractivity contribution is 5.50. The maximum absolute atomic E-state index is 5.74. The summed E-state index contributed by atoms with van der Waals surface area (Å²) < 4.78 is 5.74. The topological polar surface area (TPSA) is 47.3 Å². The Morgan fingerprint density at radius 1 is 1.06 bits per heavy atom. The predicted molar refractivity (Wildman–Crippen MR) is 65.5 cm³/mol. The Hall–Kier alpha value is -2.00. The molecule has 0 aromatic heterocycles. The lowest BCUT2D eigenvalue weighted by molar-refractivity contribution is 0.479. The van der Waals surface area contributed by atoms with Gasteiger partial charge in [-0.25, -0.2) is 0 Å². The molecular formula is C13H14N2O. The van der Waals surface area contributed by atoms with Gasteiger partial charge in [-0.15, -0.1) is 0 Å². The van der Waals surface area contributed by atoms with Crippen LogP contribution in [-0.2, 0) is 0 Å². The van der Waals surface area contributed by atoms with Crippen LogP contribution in [0.1, 0.15) is 5.56 Å². The fourth-order valence-corrected chi connectivity index (χ4v) is 1.47. The number of nitrogens with two attached hydrogens (primary N) is 1. The van der Waals surface area contributed by atoms with E-state index in [4.69, 9.17) is 10.6 Å². The number of aryl methyl sites for hydroxylation is 1. The molecule has 0 unspecified atom stereocenters. The van der Waals surface area contributed by atoms with Gasteiger partial charge in [0.25, 0.3) is 0 Å². The summed E-state index contributed by atoms with van der Waals surface area (Å²) in [7, 11) is 0. The van der Waals surface area contributed by atoms with Gasteiger partial charge in [0.1, 0.15) is 11.5 Å². The number of ether oxygens (including phenoxy) is 1. The lowest BCUT2D eigenvalue weighted by Gasteiger charge is -2.09. The molecule has 0 aliphatic carbocycles. The van der Waals surface area contributed by atoms with E-state index in [1.807, 2.05) is 55.5 Å². The third-order valence-corrected chi connectivity index (χ3v) is 2.31. The number of nitrogens with one attached hydrogen (secondary N) is 1. The van der Waals surface area contributed by atoms with Crippen LogP contribution in [0, 0.1) is 6.92 Å². The smallest absolute Gasteiger partial charge is 0.130 e. The van der Waals surface area contributed by atoms with E-state index in [1.54, 1.807) is 0 Å². The second-order valence-electron chi connectivity index (χ2n) is 3.54. The highest BCUT2D eigenvalue weighted by Crippen LogP contribution is 2.26. The second kappa shape index (κ2) is 4.68. The van der Waals surface area contributed by atoms with E-state index in [1.165, 1.54) is 0 Å². The van der Waals surface area contributed by atoms with Gasteiger partial charge in [0.2, 0.25) is 0 Å². The molecule has 0 heterocycles. The molecule has 0 spiro atoms. The maximum Gasteiger partial charge on any atom is 0.130 e. The molecule has 2 rings (SSSR count). The fourth-order valence-electron chi connectivity index (χ4n) is 1.47. The highest BCUT2D eigenvalue weighted by Gasteiger charge is 2.01. The van der Waals surface area contributed by atoms with Crippen LogP contribution in [0.25, 0.3) is 0 Å². The van der Waals surface area contributed by atoms with Crippen molar-refractivity contribution in [2.75, 3.05) is 5.43 Å². The number of hydrazine groups is 1. The monoisotopic (exact) mass is 214 g/mol. The van der Waals surface area contributed by atoms with Crippen molar-refractivity contribution in [2.45, 2.75) is 6.92 Å². The fraction of sp³-hybridized carbons (Fsp3) is 0.0769. The molecular weight excluding hydrogens is 200 g/mol. The number of hydrogen-bond donors (Lipinski definition) is 2. The van der Waals surface area contributed by atoms with Crippen LogP contribution in [0.3, 0.4) is 0 Å². The molecule has 0 aliphatic rings. The zero-order valence-corrected chi connectivity index (χ0v) is 9.10. The van der Waals surface area contributed by atoms with Crippen molar-refractivity contribution in [1.29, 1.82) is 0 Å². The van der Waals surface area contributed by atoms with Crippen LogP contribution in [0.5, 0.6) is 11.5 Å². The molecule has 3 N–H and O–H groups in total. The van der Waals surface area contributed by atoms with Crippen LogP contribution in [0.4, 0.5) is 5.69 Å². The molecule has 0 aliphatic heterocycles. The molecule has 0 radical (unpaired) electrons.